The molecule has 2 N–H and O–H groups in total. The second-order valence-corrected chi connectivity index (χ2v) is 7.93. The number of nitrogens with zero attached hydrogens (tertiary/aromatic N) is 1. The molecule has 2 rings (SSSR count). The van der Waals surface area contributed by atoms with Crippen LogP contribution in [-0.2, 0) is 14.6 Å². The van der Waals surface area contributed by atoms with Gasteiger partial charge in [-0.15, -0.1) is 12.4 Å². The largest absolute Gasteiger partial charge is 0.490 e. The van der Waals surface area contributed by atoms with E-state index in [1.165, 1.54) is 17.0 Å². The van der Waals surface area contributed by atoms with E-state index in [4.69, 9.17) is 15.2 Å². The molecule has 0 spiro atoms. The van der Waals surface area contributed by atoms with Gasteiger partial charge in [0.15, 0.2) is 21.3 Å². The van der Waals surface area contributed by atoms with Gasteiger partial charge in [-0.05, 0) is 19.1 Å². The smallest absolute Gasteiger partial charge is 0.223 e. The molecule has 0 bridgehead atoms. The first kappa shape index (κ1) is 21.5. The van der Waals surface area contributed by atoms with Crippen LogP contribution in [0.15, 0.2) is 23.1 Å². The monoisotopic (exact) mass is 392 g/mol. The first-order chi connectivity index (χ1) is 11.3. The number of amides is 1. The van der Waals surface area contributed by atoms with Crippen LogP contribution in [0.25, 0.3) is 0 Å². The summed E-state index contributed by atoms with van der Waals surface area (Å²) >= 11 is 0. The molecule has 1 atom stereocenters. The highest BCUT2D eigenvalue weighted by Crippen LogP contribution is 2.32. The van der Waals surface area contributed by atoms with E-state index < -0.39 is 9.84 Å². The van der Waals surface area contributed by atoms with Gasteiger partial charge in [0.05, 0.1) is 23.9 Å². The summed E-state index contributed by atoms with van der Waals surface area (Å²) in [5, 5.41) is 0. The molecular weight excluding hydrogens is 368 g/mol. The zero-order valence-corrected chi connectivity index (χ0v) is 16.1. The first-order valence-electron chi connectivity index (χ1n) is 7.93. The Kier molecular flexibility index (Phi) is 7.98. The van der Waals surface area contributed by atoms with Crippen molar-refractivity contribution in [2.45, 2.75) is 30.7 Å². The number of rotatable bonds is 6. The van der Waals surface area contributed by atoms with Crippen molar-refractivity contribution in [1.82, 2.24) is 4.90 Å². The summed E-state index contributed by atoms with van der Waals surface area (Å²) in [4.78, 5) is 13.7. The fourth-order valence-corrected chi connectivity index (χ4v) is 3.50. The van der Waals surface area contributed by atoms with Gasteiger partial charge in [0.25, 0.3) is 0 Å². The maximum absolute atomic E-state index is 12.5. The summed E-state index contributed by atoms with van der Waals surface area (Å²) in [6.07, 6.45) is 0.661. The van der Waals surface area contributed by atoms with Crippen LogP contribution in [0, 0.1) is 0 Å². The van der Waals surface area contributed by atoms with Crippen LogP contribution >= 0.6 is 12.4 Å². The minimum Gasteiger partial charge on any atom is -0.490 e. The number of nitrogens with two attached hydrogens (primary N) is 1. The van der Waals surface area contributed by atoms with Crippen LogP contribution < -0.4 is 15.2 Å². The minimum absolute atomic E-state index is 0. The van der Waals surface area contributed by atoms with Gasteiger partial charge in [-0.1, -0.05) is 0 Å². The molecule has 1 aromatic carbocycles. The predicted octanol–water partition coefficient (Wildman–Crippen LogP) is 1.24. The summed E-state index contributed by atoms with van der Waals surface area (Å²) in [5.74, 6) is 0.464. The van der Waals surface area contributed by atoms with Crippen molar-refractivity contribution in [1.29, 1.82) is 0 Å². The van der Waals surface area contributed by atoms with Crippen LogP contribution in [-0.4, -0.2) is 57.8 Å². The number of carbonyl (C=O) groups excluding carboxylic acids is 1. The third-order valence-electron chi connectivity index (χ3n) is 4.06. The van der Waals surface area contributed by atoms with Gasteiger partial charge in [0.2, 0.25) is 5.91 Å². The first-order valence-corrected chi connectivity index (χ1v) is 9.58. The van der Waals surface area contributed by atoms with Crippen molar-refractivity contribution in [3.8, 4) is 11.5 Å². The number of ether oxygens (including phenoxy) is 2. The highest BCUT2D eigenvalue weighted by molar-refractivity contribution is 7.91. The number of fused-ring (bicyclic) bond motifs is 1. The molecule has 0 aliphatic carbocycles. The lowest BCUT2D eigenvalue weighted by Gasteiger charge is -2.23. The van der Waals surface area contributed by atoms with Crippen LogP contribution in [0.3, 0.4) is 0 Å². The standard InChI is InChI=1S/C16H24N2O5S.ClH/c1-12(11-17)18(2)16(19)6-9-24(20,21)13-4-5-14-15(10-13)23-8-3-7-22-14;/h4-5,10,12H,3,6-9,11,17H2,1-2H3;1H. The van der Waals surface area contributed by atoms with Crippen molar-refractivity contribution in [2.24, 2.45) is 5.73 Å². The highest BCUT2D eigenvalue weighted by Gasteiger charge is 2.22. The number of carbonyl (C=O) groups is 1. The summed E-state index contributed by atoms with van der Waals surface area (Å²) in [6.45, 7) is 3.17. The predicted molar refractivity (Wildman–Crippen MR) is 97.3 cm³/mol. The van der Waals surface area contributed by atoms with E-state index in [2.05, 4.69) is 0 Å². The molecular formula is C16H25ClN2O5S. The third-order valence-corrected chi connectivity index (χ3v) is 5.77. The molecule has 25 heavy (non-hydrogen) atoms. The molecule has 1 aliphatic rings. The molecule has 1 unspecified atom stereocenters. The van der Waals surface area contributed by atoms with Crippen molar-refractivity contribution >= 4 is 28.2 Å². The Bertz CT molecular complexity index is 696. The van der Waals surface area contributed by atoms with Crippen molar-refractivity contribution in [2.75, 3.05) is 32.6 Å². The van der Waals surface area contributed by atoms with E-state index in [1.807, 2.05) is 6.92 Å². The average molecular weight is 393 g/mol. The average Bonchev–Trinajstić information content (AvgIpc) is 2.82. The van der Waals surface area contributed by atoms with Crippen LogP contribution in [0.4, 0.5) is 0 Å². The summed E-state index contributed by atoms with van der Waals surface area (Å²) < 4.78 is 36.0. The van der Waals surface area contributed by atoms with Gasteiger partial charge in [-0.2, -0.15) is 0 Å². The highest BCUT2D eigenvalue weighted by atomic mass is 35.5. The summed E-state index contributed by atoms with van der Waals surface area (Å²) in [7, 11) is -1.96. The molecule has 0 saturated heterocycles. The lowest BCUT2D eigenvalue weighted by atomic mass is 10.3. The molecule has 1 aromatic rings. The van der Waals surface area contributed by atoms with E-state index in [1.54, 1.807) is 13.1 Å². The second kappa shape index (κ2) is 9.26. The number of halogens is 1. The van der Waals surface area contributed by atoms with Crippen molar-refractivity contribution in [3.05, 3.63) is 18.2 Å². The quantitative estimate of drug-likeness (QED) is 0.781. The van der Waals surface area contributed by atoms with Gasteiger partial charge in [-0.25, -0.2) is 8.42 Å². The molecule has 0 saturated carbocycles. The number of sulfone groups is 1. The topological polar surface area (TPSA) is 98.9 Å². The molecule has 7 nitrogen and oxygen atoms in total. The lowest BCUT2D eigenvalue weighted by molar-refractivity contribution is -0.131. The molecule has 1 heterocycles. The summed E-state index contributed by atoms with van der Waals surface area (Å²) in [5.41, 5.74) is 5.52. The fourth-order valence-electron chi connectivity index (χ4n) is 2.26. The second-order valence-electron chi connectivity index (χ2n) is 5.82. The molecule has 1 aliphatic heterocycles. The molecule has 0 aromatic heterocycles. The maximum atomic E-state index is 12.5. The van der Waals surface area contributed by atoms with E-state index in [0.29, 0.717) is 31.3 Å². The van der Waals surface area contributed by atoms with Crippen molar-refractivity contribution in [3.63, 3.8) is 0 Å². The molecule has 142 valence electrons. The molecule has 0 fully saturated rings. The van der Waals surface area contributed by atoms with Gasteiger partial charge in [0.1, 0.15) is 0 Å². The van der Waals surface area contributed by atoms with Gasteiger partial charge < -0.3 is 20.1 Å². The Morgan fingerprint density at radius 2 is 1.92 bits per heavy atom. The third kappa shape index (κ3) is 5.49. The summed E-state index contributed by atoms with van der Waals surface area (Å²) in [6, 6.07) is 4.42. The lowest BCUT2D eigenvalue weighted by Crippen LogP contribution is -2.40. The molecule has 9 heteroatoms. The van der Waals surface area contributed by atoms with Crippen molar-refractivity contribution < 1.29 is 22.7 Å². The minimum atomic E-state index is -3.58. The van der Waals surface area contributed by atoms with Gasteiger partial charge >= 0.3 is 0 Å². The number of likely N-dealkylation sites (N-methyl/N-ethyl adjacent to an activating group) is 1. The van der Waals surface area contributed by atoms with Gasteiger partial charge in [-0.3, -0.25) is 4.79 Å². The zero-order valence-electron chi connectivity index (χ0n) is 14.4. The number of hydrogen-bond donors (Lipinski definition) is 1. The molecule has 1 amide bonds. The Hall–Kier alpha value is -1.51. The van der Waals surface area contributed by atoms with E-state index in [0.717, 1.165) is 6.42 Å². The van der Waals surface area contributed by atoms with Crippen LogP contribution in [0.2, 0.25) is 0 Å². The number of benzene rings is 1. The Balaban J connectivity index is 0.00000312. The normalized spacial score (nSPS) is 14.8. The Morgan fingerprint density at radius 3 is 2.56 bits per heavy atom. The van der Waals surface area contributed by atoms with Gasteiger partial charge in [0, 0.05) is 38.5 Å². The van der Waals surface area contributed by atoms with Crippen LogP contribution in [0.1, 0.15) is 19.8 Å². The SMILES string of the molecule is CC(CN)N(C)C(=O)CCS(=O)(=O)c1ccc2c(c1)OCCCO2.Cl. The Morgan fingerprint density at radius 1 is 1.28 bits per heavy atom. The van der Waals surface area contributed by atoms with E-state index >= 15 is 0 Å². The zero-order chi connectivity index (χ0) is 17.7. The fraction of sp³-hybridized carbons (Fsp3) is 0.562. The van der Waals surface area contributed by atoms with E-state index in [9.17, 15) is 13.2 Å². The van der Waals surface area contributed by atoms with E-state index in [-0.39, 0.29) is 41.4 Å². The molecule has 0 radical (unpaired) electrons. The number of hydrogen-bond acceptors (Lipinski definition) is 6. The maximum Gasteiger partial charge on any atom is 0.223 e. The van der Waals surface area contributed by atoms with Crippen LogP contribution in [0.5, 0.6) is 11.5 Å². The Labute approximate surface area is 154 Å².